The molecule has 1 heterocycles. The molecule has 0 saturated carbocycles. The lowest BCUT2D eigenvalue weighted by Crippen LogP contribution is -2.14. The lowest BCUT2D eigenvalue weighted by atomic mass is 10.00. The van der Waals surface area contributed by atoms with Gasteiger partial charge < -0.3 is 4.74 Å². The number of ketones is 1. The van der Waals surface area contributed by atoms with Crippen LogP contribution in [0.2, 0.25) is 0 Å². The largest absolute Gasteiger partial charge is 0.385 e. The van der Waals surface area contributed by atoms with Gasteiger partial charge in [0.15, 0.2) is 5.78 Å². The van der Waals surface area contributed by atoms with Gasteiger partial charge in [-0.3, -0.25) is 4.79 Å². The van der Waals surface area contributed by atoms with E-state index in [0.717, 1.165) is 17.3 Å². The summed E-state index contributed by atoms with van der Waals surface area (Å²) in [6.07, 6.45) is 0.726. The monoisotopic (exact) mass is 243 g/mol. The van der Waals surface area contributed by atoms with Gasteiger partial charge in [0.05, 0.1) is 5.52 Å². The summed E-state index contributed by atoms with van der Waals surface area (Å²) in [6, 6.07) is 11.5. The molecule has 0 saturated heterocycles. The summed E-state index contributed by atoms with van der Waals surface area (Å²) in [7, 11) is 1.64. The summed E-state index contributed by atoms with van der Waals surface area (Å²) < 4.78 is 5.00. The van der Waals surface area contributed by atoms with Crippen LogP contribution >= 0.6 is 0 Å². The maximum absolute atomic E-state index is 12.2. The Balaban J connectivity index is 2.22. The Morgan fingerprint density at radius 3 is 2.83 bits per heavy atom. The van der Waals surface area contributed by atoms with Crippen molar-refractivity contribution in [3.63, 3.8) is 0 Å². The van der Waals surface area contributed by atoms with E-state index in [4.69, 9.17) is 4.74 Å². The van der Waals surface area contributed by atoms with Crippen molar-refractivity contribution >= 4 is 16.7 Å². The van der Waals surface area contributed by atoms with Gasteiger partial charge in [0.2, 0.25) is 0 Å². The number of pyridine rings is 1. The molecule has 0 N–H and O–H groups in total. The van der Waals surface area contributed by atoms with Crippen molar-refractivity contribution in [1.29, 1.82) is 0 Å². The van der Waals surface area contributed by atoms with Crippen molar-refractivity contribution in [1.82, 2.24) is 4.98 Å². The number of fused-ring (bicyclic) bond motifs is 1. The van der Waals surface area contributed by atoms with E-state index >= 15 is 0 Å². The van der Waals surface area contributed by atoms with Crippen molar-refractivity contribution in [2.45, 2.75) is 13.3 Å². The van der Waals surface area contributed by atoms with E-state index in [1.807, 2.05) is 37.3 Å². The number of Topliss-reactive ketones (excluding diaryl/α,β-unsaturated/α-hetero) is 1. The lowest BCUT2D eigenvalue weighted by Gasteiger charge is -2.09. The van der Waals surface area contributed by atoms with E-state index in [0.29, 0.717) is 12.3 Å². The second-order valence-electron chi connectivity index (χ2n) is 4.44. The van der Waals surface area contributed by atoms with E-state index in [1.165, 1.54) is 0 Å². The van der Waals surface area contributed by atoms with E-state index in [9.17, 15) is 4.79 Å². The Hall–Kier alpha value is -1.74. The van der Waals surface area contributed by atoms with Gasteiger partial charge in [0, 0.05) is 25.0 Å². The van der Waals surface area contributed by atoms with Gasteiger partial charge in [-0.2, -0.15) is 0 Å². The van der Waals surface area contributed by atoms with Gasteiger partial charge in [0.25, 0.3) is 0 Å². The highest BCUT2D eigenvalue weighted by Gasteiger charge is 2.16. The van der Waals surface area contributed by atoms with Crippen LogP contribution in [0.5, 0.6) is 0 Å². The Kier molecular flexibility index (Phi) is 4.05. The number of benzene rings is 1. The molecule has 0 aliphatic heterocycles. The fourth-order valence-corrected chi connectivity index (χ4v) is 1.88. The summed E-state index contributed by atoms with van der Waals surface area (Å²) in [6.45, 7) is 2.51. The summed E-state index contributed by atoms with van der Waals surface area (Å²) in [4.78, 5) is 16.6. The third kappa shape index (κ3) is 2.74. The zero-order valence-electron chi connectivity index (χ0n) is 10.7. The summed E-state index contributed by atoms with van der Waals surface area (Å²) >= 11 is 0. The number of nitrogens with zero attached hydrogens (tertiary/aromatic N) is 1. The third-order valence-corrected chi connectivity index (χ3v) is 3.05. The van der Waals surface area contributed by atoms with Gasteiger partial charge in [-0.15, -0.1) is 0 Å². The maximum atomic E-state index is 12.2. The Labute approximate surface area is 107 Å². The maximum Gasteiger partial charge on any atom is 0.184 e. The van der Waals surface area contributed by atoms with Crippen LogP contribution < -0.4 is 0 Å². The van der Waals surface area contributed by atoms with Crippen molar-refractivity contribution < 1.29 is 9.53 Å². The van der Waals surface area contributed by atoms with Crippen molar-refractivity contribution in [3.05, 3.63) is 42.1 Å². The van der Waals surface area contributed by atoms with Crippen LogP contribution in [0.15, 0.2) is 36.4 Å². The molecule has 0 aliphatic carbocycles. The molecule has 18 heavy (non-hydrogen) atoms. The van der Waals surface area contributed by atoms with Crippen LogP contribution in [0.25, 0.3) is 10.9 Å². The highest BCUT2D eigenvalue weighted by atomic mass is 16.5. The predicted molar refractivity (Wildman–Crippen MR) is 71.7 cm³/mol. The molecule has 2 aromatic rings. The average molecular weight is 243 g/mol. The van der Waals surface area contributed by atoms with Crippen LogP contribution in [0.1, 0.15) is 23.8 Å². The SMILES string of the molecule is COCCC(C)C(=O)c1ccc2ccccc2n1. The van der Waals surface area contributed by atoms with Crippen LogP contribution in [0, 0.1) is 5.92 Å². The van der Waals surface area contributed by atoms with Crippen molar-refractivity contribution in [3.8, 4) is 0 Å². The van der Waals surface area contributed by atoms with E-state index in [2.05, 4.69) is 4.98 Å². The van der Waals surface area contributed by atoms with Crippen molar-refractivity contribution in [2.75, 3.05) is 13.7 Å². The van der Waals surface area contributed by atoms with Gasteiger partial charge in [-0.25, -0.2) is 4.98 Å². The molecule has 0 aliphatic rings. The minimum Gasteiger partial charge on any atom is -0.385 e. The Morgan fingerprint density at radius 2 is 2.06 bits per heavy atom. The number of hydrogen-bond acceptors (Lipinski definition) is 3. The molecule has 0 spiro atoms. The van der Waals surface area contributed by atoms with Crippen LogP contribution in [0.4, 0.5) is 0 Å². The molecule has 1 unspecified atom stereocenters. The topological polar surface area (TPSA) is 39.2 Å². The van der Waals surface area contributed by atoms with E-state index in [1.54, 1.807) is 13.2 Å². The van der Waals surface area contributed by atoms with Gasteiger partial charge >= 0.3 is 0 Å². The second kappa shape index (κ2) is 5.74. The lowest BCUT2D eigenvalue weighted by molar-refractivity contribution is 0.0889. The zero-order chi connectivity index (χ0) is 13.0. The standard InChI is InChI=1S/C15H17NO2/c1-11(9-10-18-2)15(17)14-8-7-12-5-3-4-6-13(12)16-14/h3-8,11H,9-10H2,1-2H3. The molecule has 0 amide bonds. The smallest absolute Gasteiger partial charge is 0.184 e. The Morgan fingerprint density at radius 1 is 1.28 bits per heavy atom. The van der Waals surface area contributed by atoms with E-state index < -0.39 is 0 Å². The van der Waals surface area contributed by atoms with E-state index in [-0.39, 0.29) is 11.7 Å². The van der Waals surface area contributed by atoms with Crippen molar-refractivity contribution in [2.24, 2.45) is 5.92 Å². The number of rotatable bonds is 5. The first-order valence-corrected chi connectivity index (χ1v) is 6.11. The number of methoxy groups -OCH3 is 1. The highest BCUT2D eigenvalue weighted by Crippen LogP contribution is 2.15. The Bertz CT molecular complexity index is 551. The number of hydrogen-bond donors (Lipinski definition) is 0. The highest BCUT2D eigenvalue weighted by molar-refractivity contribution is 5.97. The molecule has 1 atom stereocenters. The molecule has 0 radical (unpaired) electrons. The minimum absolute atomic E-state index is 0.0568. The van der Waals surface area contributed by atoms with Crippen LogP contribution in [0.3, 0.4) is 0 Å². The molecule has 2 rings (SSSR count). The number of ether oxygens (including phenoxy) is 1. The molecule has 3 nitrogen and oxygen atoms in total. The zero-order valence-corrected chi connectivity index (χ0v) is 10.7. The fourth-order valence-electron chi connectivity index (χ4n) is 1.88. The second-order valence-corrected chi connectivity index (χ2v) is 4.44. The minimum atomic E-state index is -0.0568. The van der Waals surface area contributed by atoms with Gasteiger partial charge in [0.1, 0.15) is 5.69 Å². The number of para-hydroxylation sites is 1. The first-order chi connectivity index (χ1) is 8.72. The number of aromatic nitrogens is 1. The number of carbonyl (C=O) groups excluding carboxylic acids is 1. The normalized spacial score (nSPS) is 12.6. The van der Waals surface area contributed by atoms with Crippen LogP contribution in [-0.4, -0.2) is 24.5 Å². The molecule has 1 aromatic heterocycles. The third-order valence-electron chi connectivity index (χ3n) is 3.05. The number of carbonyl (C=O) groups is 1. The molecule has 1 aromatic carbocycles. The van der Waals surface area contributed by atoms with Crippen LogP contribution in [-0.2, 0) is 4.74 Å². The summed E-state index contributed by atoms with van der Waals surface area (Å²) in [5.74, 6) is 0.0245. The first-order valence-electron chi connectivity index (χ1n) is 6.11. The quantitative estimate of drug-likeness (QED) is 0.757. The predicted octanol–water partition coefficient (Wildman–Crippen LogP) is 3.09. The van der Waals surface area contributed by atoms with Gasteiger partial charge in [-0.05, 0) is 18.6 Å². The van der Waals surface area contributed by atoms with Gasteiger partial charge in [-0.1, -0.05) is 31.2 Å². The molecule has 0 bridgehead atoms. The average Bonchev–Trinajstić information content (AvgIpc) is 2.43. The summed E-state index contributed by atoms with van der Waals surface area (Å²) in [5.41, 5.74) is 1.40. The molecular formula is C15H17NO2. The molecule has 0 fully saturated rings. The molecule has 3 heteroatoms. The molecular weight excluding hydrogens is 226 g/mol. The molecule has 94 valence electrons. The fraction of sp³-hybridized carbons (Fsp3) is 0.333. The summed E-state index contributed by atoms with van der Waals surface area (Å²) in [5, 5.41) is 1.05. The first kappa shape index (κ1) is 12.7.